The van der Waals surface area contributed by atoms with Crippen LogP contribution in [0.5, 0.6) is 0 Å². The maximum absolute atomic E-state index is 9.78. The van der Waals surface area contributed by atoms with Gasteiger partial charge in [-0.15, -0.1) is 0 Å². The van der Waals surface area contributed by atoms with Crippen LogP contribution in [0.15, 0.2) is 52.9 Å². The van der Waals surface area contributed by atoms with Crippen molar-refractivity contribution in [1.29, 1.82) is 0 Å². The van der Waals surface area contributed by atoms with Gasteiger partial charge in [0.05, 0.1) is 5.02 Å². The molecule has 3 nitrogen and oxygen atoms in total. The summed E-state index contributed by atoms with van der Waals surface area (Å²) in [4.78, 5) is 0. The maximum Gasteiger partial charge on any atom is 0.492 e. The van der Waals surface area contributed by atoms with Gasteiger partial charge in [-0.2, -0.15) is 0 Å². The fourth-order valence-electron chi connectivity index (χ4n) is 2.87. The van der Waals surface area contributed by atoms with Crippen molar-refractivity contribution >= 4 is 56.9 Å². The number of benzene rings is 3. The van der Waals surface area contributed by atoms with E-state index >= 15 is 0 Å². The van der Waals surface area contributed by atoms with E-state index in [1.165, 1.54) is 0 Å². The first-order valence-corrected chi connectivity index (χ1v) is 6.93. The fourth-order valence-corrected chi connectivity index (χ4v) is 3.14. The van der Waals surface area contributed by atoms with E-state index in [0.717, 1.165) is 21.5 Å². The van der Waals surface area contributed by atoms with Crippen molar-refractivity contribution in [3.63, 3.8) is 0 Å². The zero-order valence-corrected chi connectivity index (χ0v) is 11.6. The van der Waals surface area contributed by atoms with Gasteiger partial charge in [-0.3, -0.25) is 0 Å². The lowest BCUT2D eigenvalue weighted by Gasteiger charge is -2.06. The van der Waals surface area contributed by atoms with Gasteiger partial charge in [0.25, 0.3) is 0 Å². The lowest BCUT2D eigenvalue weighted by molar-refractivity contribution is 0.426. The quantitative estimate of drug-likeness (QED) is 0.531. The number of rotatable bonds is 1. The van der Waals surface area contributed by atoms with Gasteiger partial charge in [0.2, 0.25) is 0 Å². The summed E-state index contributed by atoms with van der Waals surface area (Å²) in [5.74, 6) is 0. The molecule has 0 unspecified atom stereocenters. The van der Waals surface area contributed by atoms with Crippen LogP contribution in [-0.2, 0) is 0 Å². The molecule has 5 heteroatoms. The Morgan fingerprint density at radius 2 is 1.76 bits per heavy atom. The molecule has 0 bridgehead atoms. The van der Waals surface area contributed by atoms with E-state index < -0.39 is 7.12 Å². The van der Waals surface area contributed by atoms with Crippen molar-refractivity contribution in [3.05, 3.63) is 53.6 Å². The third-order valence-electron chi connectivity index (χ3n) is 3.75. The zero-order chi connectivity index (χ0) is 14.6. The minimum atomic E-state index is -1.61. The number of fused-ring (bicyclic) bond motifs is 4. The molecule has 0 radical (unpaired) electrons. The first-order valence-electron chi connectivity index (χ1n) is 6.55. The number of hydrogen-bond acceptors (Lipinski definition) is 3. The molecule has 0 aliphatic heterocycles. The Kier molecular flexibility index (Phi) is 2.72. The normalized spacial score (nSPS) is 11.6. The number of furan rings is 1. The molecule has 4 aromatic rings. The average molecular weight is 297 g/mol. The summed E-state index contributed by atoms with van der Waals surface area (Å²) in [6.07, 6.45) is 0. The van der Waals surface area contributed by atoms with E-state index in [0.29, 0.717) is 21.7 Å². The fraction of sp³-hybridized carbons (Fsp3) is 0. The van der Waals surface area contributed by atoms with Gasteiger partial charge in [0.15, 0.2) is 0 Å². The average Bonchev–Trinajstić information content (AvgIpc) is 2.83. The molecule has 0 fully saturated rings. The Balaban J connectivity index is 2.32. The summed E-state index contributed by atoms with van der Waals surface area (Å²) in [7, 11) is -1.61. The first kappa shape index (κ1) is 12.7. The monoisotopic (exact) mass is 296 g/mol. The predicted molar refractivity (Wildman–Crippen MR) is 86.1 cm³/mol. The van der Waals surface area contributed by atoms with Crippen LogP contribution in [0.25, 0.3) is 32.7 Å². The highest BCUT2D eigenvalue weighted by atomic mass is 35.5. The van der Waals surface area contributed by atoms with Crippen LogP contribution in [0.1, 0.15) is 0 Å². The number of halogens is 1. The summed E-state index contributed by atoms with van der Waals surface area (Å²) >= 11 is 6.28. The highest BCUT2D eigenvalue weighted by molar-refractivity contribution is 6.65. The minimum Gasteiger partial charge on any atom is -0.456 e. The second-order valence-corrected chi connectivity index (χ2v) is 5.38. The Morgan fingerprint density at radius 1 is 0.952 bits per heavy atom. The molecule has 3 aromatic carbocycles. The summed E-state index contributed by atoms with van der Waals surface area (Å²) in [5, 5.41) is 23.4. The minimum absolute atomic E-state index is 0.371. The summed E-state index contributed by atoms with van der Waals surface area (Å²) in [6, 6.07) is 14.9. The Labute approximate surface area is 125 Å². The SMILES string of the molecule is OB(O)c1c2ccccc2cc2c1oc1cccc(Cl)c12. The summed E-state index contributed by atoms with van der Waals surface area (Å²) in [5.41, 5.74) is 1.47. The van der Waals surface area contributed by atoms with Crippen LogP contribution in [-0.4, -0.2) is 17.2 Å². The van der Waals surface area contributed by atoms with E-state index in [1.807, 2.05) is 42.5 Å². The molecule has 0 atom stereocenters. The largest absolute Gasteiger partial charge is 0.492 e. The van der Waals surface area contributed by atoms with Crippen molar-refractivity contribution in [2.45, 2.75) is 0 Å². The van der Waals surface area contributed by atoms with Crippen molar-refractivity contribution in [1.82, 2.24) is 0 Å². The van der Waals surface area contributed by atoms with Crippen LogP contribution in [0.4, 0.5) is 0 Å². The molecular weight excluding hydrogens is 286 g/mol. The van der Waals surface area contributed by atoms with Crippen molar-refractivity contribution in [2.24, 2.45) is 0 Å². The maximum atomic E-state index is 9.78. The molecule has 4 rings (SSSR count). The van der Waals surface area contributed by atoms with Crippen LogP contribution in [0, 0.1) is 0 Å². The van der Waals surface area contributed by atoms with E-state index in [9.17, 15) is 10.0 Å². The Bertz CT molecular complexity index is 991. The van der Waals surface area contributed by atoms with Crippen molar-refractivity contribution in [2.75, 3.05) is 0 Å². The van der Waals surface area contributed by atoms with Crippen LogP contribution in [0.3, 0.4) is 0 Å². The molecule has 0 aliphatic carbocycles. The highest BCUT2D eigenvalue weighted by Crippen LogP contribution is 2.35. The highest BCUT2D eigenvalue weighted by Gasteiger charge is 2.23. The third kappa shape index (κ3) is 1.77. The van der Waals surface area contributed by atoms with Gasteiger partial charge in [-0.05, 0) is 29.0 Å². The Hall–Kier alpha value is -2.01. The van der Waals surface area contributed by atoms with Gasteiger partial charge in [0, 0.05) is 16.2 Å². The van der Waals surface area contributed by atoms with Gasteiger partial charge in [0.1, 0.15) is 11.2 Å². The van der Waals surface area contributed by atoms with Gasteiger partial charge in [-0.1, -0.05) is 41.9 Å². The lowest BCUT2D eigenvalue weighted by Crippen LogP contribution is -2.31. The summed E-state index contributed by atoms with van der Waals surface area (Å²) in [6.45, 7) is 0. The van der Waals surface area contributed by atoms with Gasteiger partial charge < -0.3 is 14.5 Å². The topological polar surface area (TPSA) is 53.6 Å². The molecule has 0 amide bonds. The molecule has 1 heterocycles. The van der Waals surface area contributed by atoms with Crippen molar-refractivity contribution < 1.29 is 14.5 Å². The molecular formula is C16H10BClO3. The first-order chi connectivity index (χ1) is 10.2. The van der Waals surface area contributed by atoms with E-state index in [1.54, 1.807) is 6.07 Å². The smallest absolute Gasteiger partial charge is 0.456 e. The Morgan fingerprint density at radius 3 is 2.57 bits per heavy atom. The molecule has 21 heavy (non-hydrogen) atoms. The van der Waals surface area contributed by atoms with E-state index in [2.05, 4.69) is 0 Å². The standard InChI is InChI=1S/C16H10BClO3/c18-12-6-3-7-13-14(12)11-8-9-4-1-2-5-10(9)15(17(19)20)16(11)21-13/h1-8,19-20H. The van der Waals surface area contributed by atoms with Crippen molar-refractivity contribution in [3.8, 4) is 0 Å². The third-order valence-corrected chi connectivity index (χ3v) is 4.07. The van der Waals surface area contributed by atoms with Crippen LogP contribution in [0.2, 0.25) is 5.02 Å². The van der Waals surface area contributed by atoms with Gasteiger partial charge in [-0.25, -0.2) is 0 Å². The van der Waals surface area contributed by atoms with E-state index in [-0.39, 0.29) is 0 Å². The molecule has 1 aromatic heterocycles. The van der Waals surface area contributed by atoms with Gasteiger partial charge >= 0.3 is 7.12 Å². The van der Waals surface area contributed by atoms with Crippen LogP contribution >= 0.6 is 11.6 Å². The second-order valence-electron chi connectivity index (χ2n) is 4.98. The molecule has 0 aliphatic rings. The molecule has 2 N–H and O–H groups in total. The number of hydrogen-bond donors (Lipinski definition) is 2. The molecule has 102 valence electrons. The second kappa shape index (κ2) is 4.50. The molecule has 0 spiro atoms. The lowest BCUT2D eigenvalue weighted by atomic mass is 9.76. The van der Waals surface area contributed by atoms with E-state index in [4.69, 9.17) is 16.0 Å². The summed E-state index contributed by atoms with van der Waals surface area (Å²) < 4.78 is 5.83. The predicted octanol–water partition coefficient (Wildman–Crippen LogP) is 3.07. The van der Waals surface area contributed by atoms with Crippen LogP contribution < -0.4 is 5.46 Å². The zero-order valence-electron chi connectivity index (χ0n) is 10.9. The molecule has 0 saturated heterocycles. The molecule has 0 saturated carbocycles.